The van der Waals surface area contributed by atoms with Gasteiger partial charge in [-0.05, 0) is 39.4 Å². The monoisotopic (exact) mass is 417 g/mol. The van der Waals surface area contributed by atoms with Gasteiger partial charge in [-0.15, -0.1) is 0 Å². The highest BCUT2D eigenvalue weighted by molar-refractivity contribution is 5.93. The van der Waals surface area contributed by atoms with Crippen molar-refractivity contribution in [1.29, 1.82) is 0 Å². The van der Waals surface area contributed by atoms with E-state index in [1.54, 1.807) is 9.80 Å². The predicted molar refractivity (Wildman–Crippen MR) is 119 cm³/mol. The minimum Gasteiger partial charge on any atom is -0.444 e. The Morgan fingerprint density at radius 1 is 0.933 bits per heavy atom. The largest absolute Gasteiger partial charge is 0.444 e. The molecule has 8 heteroatoms. The fraction of sp³-hybridized carbons (Fsp3) is 0.636. The lowest BCUT2D eigenvalue weighted by molar-refractivity contribution is 0.0174. The van der Waals surface area contributed by atoms with E-state index in [1.807, 2.05) is 39.0 Å². The van der Waals surface area contributed by atoms with E-state index in [0.717, 1.165) is 44.1 Å². The number of carbonyl (C=O) groups is 2. The van der Waals surface area contributed by atoms with Crippen LogP contribution in [0.2, 0.25) is 0 Å². The van der Waals surface area contributed by atoms with E-state index in [2.05, 4.69) is 28.1 Å². The zero-order valence-corrected chi connectivity index (χ0v) is 18.7. The first-order valence-corrected chi connectivity index (χ1v) is 10.9. The molecule has 2 heterocycles. The van der Waals surface area contributed by atoms with E-state index in [9.17, 15) is 9.59 Å². The van der Waals surface area contributed by atoms with E-state index in [-0.39, 0.29) is 12.1 Å². The topological polar surface area (TPSA) is 68.4 Å². The standard InChI is InChI=1S/C22H35N5O3/c1-5-24-10-12-25(13-11-24)19-9-7-6-8-18(19)23-20(28)26-14-16-27(17-15-26)21(29)30-22(2,3)4/h6-9H,5,10-17H2,1-4H3,(H,23,28). The molecule has 0 aromatic heterocycles. The molecule has 1 aromatic carbocycles. The quantitative estimate of drug-likeness (QED) is 0.819. The summed E-state index contributed by atoms with van der Waals surface area (Å²) in [5, 5.41) is 3.08. The maximum atomic E-state index is 12.9. The van der Waals surface area contributed by atoms with Gasteiger partial charge in [-0.2, -0.15) is 0 Å². The van der Waals surface area contributed by atoms with E-state index < -0.39 is 5.60 Å². The molecule has 0 unspecified atom stereocenters. The number of nitrogens with zero attached hydrogens (tertiary/aromatic N) is 4. The van der Waals surface area contributed by atoms with Crippen molar-refractivity contribution < 1.29 is 14.3 Å². The lowest BCUT2D eigenvalue weighted by Crippen LogP contribution is -2.52. The first kappa shape index (κ1) is 22.2. The summed E-state index contributed by atoms with van der Waals surface area (Å²) in [7, 11) is 0. The molecule has 8 nitrogen and oxygen atoms in total. The number of likely N-dealkylation sites (N-methyl/N-ethyl adjacent to an activating group) is 1. The summed E-state index contributed by atoms with van der Waals surface area (Å²) >= 11 is 0. The Labute approximate surface area is 179 Å². The van der Waals surface area contributed by atoms with Gasteiger partial charge in [0, 0.05) is 52.4 Å². The normalized spacial score (nSPS) is 18.3. The van der Waals surface area contributed by atoms with E-state index >= 15 is 0 Å². The lowest BCUT2D eigenvalue weighted by Gasteiger charge is -2.37. The van der Waals surface area contributed by atoms with Gasteiger partial charge in [0.25, 0.3) is 0 Å². The van der Waals surface area contributed by atoms with Gasteiger partial charge in [0.2, 0.25) is 0 Å². The average Bonchev–Trinajstić information content (AvgIpc) is 2.73. The Hall–Kier alpha value is -2.48. The van der Waals surface area contributed by atoms with E-state index in [0.29, 0.717) is 26.2 Å². The van der Waals surface area contributed by atoms with Gasteiger partial charge in [0.15, 0.2) is 0 Å². The van der Waals surface area contributed by atoms with E-state index in [4.69, 9.17) is 4.74 Å². The zero-order chi connectivity index (χ0) is 21.7. The molecule has 0 saturated carbocycles. The van der Waals surface area contributed by atoms with Crippen molar-refractivity contribution in [3.8, 4) is 0 Å². The molecule has 2 aliphatic heterocycles. The summed E-state index contributed by atoms with van der Waals surface area (Å²) in [5.41, 5.74) is 1.38. The number of hydrogen-bond donors (Lipinski definition) is 1. The number of para-hydroxylation sites is 2. The van der Waals surface area contributed by atoms with Crippen molar-refractivity contribution in [3.63, 3.8) is 0 Å². The number of piperazine rings is 2. The smallest absolute Gasteiger partial charge is 0.410 e. The average molecular weight is 418 g/mol. The number of hydrogen-bond acceptors (Lipinski definition) is 5. The summed E-state index contributed by atoms with van der Waals surface area (Å²) in [6.07, 6.45) is -0.320. The molecule has 2 saturated heterocycles. The second kappa shape index (κ2) is 9.55. The number of benzene rings is 1. The SMILES string of the molecule is CCN1CCN(c2ccccc2NC(=O)N2CCN(C(=O)OC(C)(C)C)CC2)CC1. The highest BCUT2D eigenvalue weighted by Gasteiger charge is 2.28. The molecule has 0 aliphatic carbocycles. The van der Waals surface area contributed by atoms with Gasteiger partial charge < -0.3 is 29.7 Å². The lowest BCUT2D eigenvalue weighted by atomic mass is 10.2. The summed E-state index contributed by atoms with van der Waals surface area (Å²) in [5.74, 6) is 0. The van der Waals surface area contributed by atoms with Gasteiger partial charge >= 0.3 is 12.1 Å². The fourth-order valence-electron chi connectivity index (χ4n) is 3.77. The second-order valence-electron chi connectivity index (χ2n) is 8.82. The number of carbonyl (C=O) groups excluding carboxylic acids is 2. The van der Waals surface area contributed by atoms with Gasteiger partial charge in [0.05, 0.1) is 11.4 Å². The molecule has 1 N–H and O–H groups in total. The highest BCUT2D eigenvalue weighted by Crippen LogP contribution is 2.27. The van der Waals surface area contributed by atoms with Crippen LogP contribution in [0, 0.1) is 0 Å². The number of anilines is 2. The maximum Gasteiger partial charge on any atom is 0.410 e. The number of urea groups is 1. The molecule has 0 radical (unpaired) electrons. The van der Waals surface area contributed by atoms with Crippen LogP contribution >= 0.6 is 0 Å². The molecule has 2 aliphatic rings. The summed E-state index contributed by atoms with van der Waals surface area (Å²) in [6, 6.07) is 7.85. The Bertz CT molecular complexity index is 733. The van der Waals surface area contributed by atoms with Crippen molar-refractivity contribution in [1.82, 2.24) is 14.7 Å². The summed E-state index contributed by atoms with van der Waals surface area (Å²) in [6.45, 7) is 14.7. The molecule has 2 fully saturated rings. The van der Waals surface area contributed by atoms with Gasteiger partial charge in [0.1, 0.15) is 5.60 Å². The van der Waals surface area contributed by atoms with Crippen molar-refractivity contribution in [2.75, 3.05) is 69.1 Å². The van der Waals surface area contributed by atoms with Gasteiger partial charge in [-0.3, -0.25) is 0 Å². The first-order chi connectivity index (χ1) is 14.3. The molecule has 1 aromatic rings. The molecule has 3 rings (SSSR count). The van der Waals surface area contributed by atoms with Crippen LogP contribution in [0.1, 0.15) is 27.7 Å². The van der Waals surface area contributed by atoms with Crippen LogP contribution in [0.25, 0.3) is 0 Å². The Kier molecular flexibility index (Phi) is 7.07. The Morgan fingerprint density at radius 2 is 1.53 bits per heavy atom. The minimum absolute atomic E-state index is 0.126. The summed E-state index contributed by atoms with van der Waals surface area (Å²) < 4.78 is 5.43. The Balaban J connectivity index is 1.55. The third-order valence-corrected chi connectivity index (χ3v) is 5.52. The first-order valence-electron chi connectivity index (χ1n) is 10.9. The third-order valence-electron chi connectivity index (χ3n) is 5.52. The number of rotatable bonds is 3. The zero-order valence-electron chi connectivity index (χ0n) is 18.7. The molecule has 0 spiro atoms. The predicted octanol–water partition coefficient (Wildman–Crippen LogP) is 2.91. The molecule has 3 amide bonds. The van der Waals surface area contributed by atoms with Crippen molar-refractivity contribution in [2.45, 2.75) is 33.3 Å². The number of nitrogens with one attached hydrogen (secondary N) is 1. The highest BCUT2D eigenvalue weighted by atomic mass is 16.6. The molecular formula is C22H35N5O3. The second-order valence-corrected chi connectivity index (χ2v) is 8.82. The van der Waals surface area contributed by atoms with Crippen LogP contribution in [0.3, 0.4) is 0 Å². The van der Waals surface area contributed by atoms with Crippen molar-refractivity contribution >= 4 is 23.5 Å². The number of amides is 3. The maximum absolute atomic E-state index is 12.9. The van der Waals surface area contributed by atoms with Crippen LogP contribution < -0.4 is 10.2 Å². The summed E-state index contributed by atoms with van der Waals surface area (Å²) in [4.78, 5) is 33.3. The number of ether oxygens (including phenoxy) is 1. The third kappa shape index (κ3) is 5.78. The van der Waals surface area contributed by atoms with Gasteiger partial charge in [-0.25, -0.2) is 9.59 Å². The van der Waals surface area contributed by atoms with Crippen molar-refractivity contribution in [2.24, 2.45) is 0 Å². The molecule has 166 valence electrons. The Morgan fingerprint density at radius 3 is 2.13 bits per heavy atom. The molecule has 0 bridgehead atoms. The van der Waals surface area contributed by atoms with E-state index in [1.165, 1.54) is 0 Å². The molecular weight excluding hydrogens is 382 g/mol. The van der Waals surface area contributed by atoms with Crippen LogP contribution in [0.15, 0.2) is 24.3 Å². The van der Waals surface area contributed by atoms with Crippen LogP contribution in [-0.4, -0.2) is 91.3 Å². The minimum atomic E-state index is -0.516. The fourth-order valence-corrected chi connectivity index (χ4v) is 3.77. The van der Waals surface area contributed by atoms with Crippen LogP contribution in [-0.2, 0) is 4.74 Å². The van der Waals surface area contributed by atoms with Crippen LogP contribution in [0.4, 0.5) is 21.0 Å². The molecule has 30 heavy (non-hydrogen) atoms. The van der Waals surface area contributed by atoms with Crippen LogP contribution in [0.5, 0.6) is 0 Å². The van der Waals surface area contributed by atoms with Gasteiger partial charge in [-0.1, -0.05) is 19.1 Å². The molecule has 0 atom stereocenters. The van der Waals surface area contributed by atoms with Crippen molar-refractivity contribution in [3.05, 3.63) is 24.3 Å².